The topological polar surface area (TPSA) is 105 Å². The van der Waals surface area contributed by atoms with Crippen LogP contribution in [0.1, 0.15) is 46.5 Å². The number of rotatable bonds is 10. The number of carboxylic acids is 1. The molecule has 0 aliphatic carbocycles. The van der Waals surface area contributed by atoms with E-state index in [9.17, 15) is 14.4 Å². The van der Waals surface area contributed by atoms with E-state index in [1.54, 1.807) is 13.8 Å². The van der Waals surface area contributed by atoms with Crippen LogP contribution in [0, 0.1) is 5.92 Å². The van der Waals surface area contributed by atoms with E-state index in [2.05, 4.69) is 10.6 Å². The van der Waals surface area contributed by atoms with Crippen molar-refractivity contribution in [3.63, 3.8) is 0 Å². The second kappa shape index (κ2) is 10.9. The summed E-state index contributed by atoms with van der Waals surface area (Å²) in [4.78, 5) is 33.4. The molecule has 0 spiro atoms. The molecule has 0 saturated carbocycles. The summed E-state index contributed by atoms with van der Waals surface area (Å²) in [6.07, 6.45) is 2.33. The third-order valence-corrected chi connectivity index (χ3v) is 3.17. The number of nitrogens with one attached hydrogen (secondary N) is 2. The lowest BCUT2D eigenvalue weighted by Gasteiger charge is -2.16. The van der Waals surface area contributed by atoms with Crippen LogP contribution in [0.2, 0.25) is 0 Å². The van der Waals surface area contributed by atoms with Gasteiger partial charge in [-0.3, -0.25) is 4.79 Å². The standard InChI is InChI=1S/C14H26N2O5/c1-4-11(6-7-12(17)18)8-9-15-14(20)16-10(3)13(19)21-5-2/h10-11H,4-9H2,1-3H3,(H,17,18)(H2,15,16,20). The molecule has 0 saturated heterocycles. The average molecular weight is 302 g/mol. The van der Waals surface area contributed by atoms with Gasteiger partial charge >= 0.3 is 18.0 Å². The molecule has 0 aromatic rings. The fourth-order valence-electron chi connectivity index (χ4n) is 1.84. The molecular weight excluding hydrogens is 276 g/mol. The maximum absolute atomic E-state index is 11.6. The van der Waals surface area contributed by atoms with Crippen molar-refractivity contribution in [2.75, 3.05) is 13.2 Å². The monoisotopic (exact) mass is 302 g/mol. The normalized spacial score (nSPS) is 13.1. The zero-order valence-electron chi connectivity index (χ0n) is 13.0. The lowest BCUT2D eigenvalue weighted by Crippen LogP contribution is -2.45. The molecule has 2 amide bonds. The highest BCUT2D eigenvalue weighted by Gasteiger charge is 2.16. The van der Waals surface area contributed by atoms with Gasteiger partial charge in [0.05, 0.1) is 6.61 Å². The predicted molar refractivity (Wildman–Crippen MR) is 77.9 cm³/mol. The highest BCUT2D eigenvalue weighted by Crippen LogP contribution is 2.14. The predicted octanol–water partition coefficient (Wildman–Crippen LogP) is 1.52. The molecular formula is C14H26N2O5. The highest BCUT2D eigenvalue weighted by molar-refractivity contribution is 5.83. The molecule has 7 nitrogen and oxygen atoms in total. The van der Waals surface area contributed by atoms with Gasteiger partial charge in [-0.15, -0.1) is 0 Å². The summed E-state index contributed by atoms with van der Waals surface area (Å²) in [6, 6.07) is -1.12. The molecule has 21 heavy (non-hydrogen) atoms. The molecule has 7 heteroatoms. The van der Waals surface area contributed by atoms with Crippen LogP contribution < -0.4 is 10.6 Å². The van der Waals surface area contributed by atoms with Crippen LogP contribution in [0.5, 0.6) is 0 Å². The number of aliphatic carboxylic acids is 1. The minimum absolute atomic E-state index is 0.143. The first-order valence-electron chi connectivity index (χ1n) is 7.33. The fourth-order valence-corrected chi connectivity index (χ4v) is 1.84. The summed E-state index contributed by atoms with van der Waals surface area (Å²) in [5.74, 6) is -1.01. The summed E-state index contributed by atoms with van der Waals surface area (Å²) in [5, 5.41) is 13.8. The van der Waals surface area contributed by atoms with Gasteiger partial charge in [0.15, 0.2) is 0 Å². The van der Waals surface area contributed by atoms with E-state index < -0.39 is 24.0 Å². The Morgan fingerprint density at radius 3 is 2.38 bits per heavy atom. The number of ether oxygens (including phenoxy) is 1. The van der Waals surface area contributed by atoms with Crippen molar-refractivity contribution in [3.8, 4) is 0 Å². The summed E-state index contributed by atoms with van der Waals surface area (Å²) < 4.78 is 4.78. The number of amides is 2. The van der Waals surface area contributed by atoms with Gasteiger partial charge in [0.2, 0.25) is 0 Å². The van der Waals surface area contributed by atoms with E-state index in [1.165, 1.54) is 0 Å². The van der Waals surface area contributed by atoms with Crippen LogP contribution in [-0.2, 0) is 14.3 Å². The van der Waals surface area contributed by atoms with E-state index in [4.69, 9.17) is 9.84 Å². The molecule has 3 N–H and O–H groups in total. The number of carbonyl (C=O) groups is 3. The number of urea groups is 1. The first-order valence-corrected chi connectivity index (χ1v) is 7.33. The minimum Gasteiger partial charge on any atom is -0.481 e. The molecule has 0 rings (SSSR count). The number of esters is 1. The van der Waals surface area contributed by atoms with E-state index in [-0.39, 0.29) is 18.9 Å². The van der Waals surface area contributed by atoms with Crippen molar-refractivity contribution in [3.05, 3.63) is 0 Å². The zero-order chi connectivity index (χ0) is 16.3. The Morgan fingerprint density at radius 1 is 1.19 bits per heavy atom. The number of carbonyl (C=O) groups excluding carboxylic acids is 2. The molecule has 0 aliphatic rings. The van der Waals surface area contributed by atoms with E-state index in [0.717, 1.165) is 6.42 Å². The van der Waals surface area contributed by atoms with Crippen LogP contribution in [0.4, 0.5) is 4.79 Å². The Labute approximate surface area is 125 Å². The van der Waals surface area contributed by atoms with E-state index in [1.807, 2.05) is 6.92 Å². The van der Waals surface area contributed by atoms with Gasteiger partial charge in [-0.2, -0.15) is 0 Å². The number of hydrogen-bond acceptors (Lipinski definition) is 4. The molecule has 2 atom stereocenters. The van der Waals surface area contributed by atoms with Crippen molar-refractivity contribution in [2.45, 2.75) is 52.5 Å². The van der Waals surface area contributed by atoms with Crippen LogP contribution in [0.3, 0.4) is 0 Å². The Kier molecular flexibility index (Phi) is 10.0. The Morgan fingerprint density at radius 2 is 1.86 bits per heavy atom. The van der Waals surface area contributed by atoms with Crippen LogP contribution in [0.25, 0.3) is 0 Å². The largest absolute Gasteiger partial charge is 0.481 e. The third-order valence-electron chi connectivity index (χ3n) is 3.17. The molecule has 2 unspecified atom stereocenters. The Hall–Kier alpha value is -1.79. The maximum Gasteiger partial charge on any atom is 0.328 e. The molecule has 0 aromatic heterocycles. The summed E-state index contributed by atoms with van der Waals surface area (Å²) in [5.41, 5.74) is 0. The van der Waals surface area contributed by atoms with Crippen molar-refractivity contribution in [2.24, 2.45) is 5.92 Å². The quantitative estimate of drug-likeness (QED) is 0.531. The van der Waals surface area contributed by atoms with Crippen molar-refractivity contribution < 1.29 is 24.2 Å². The molecule has 0 bridgehead atoms. The maximum atomic E-state index is 11.6. The van der Waals surface area contributed by atoms with Crippen LogP contribution in [-0.4, -0.2) is 42.3 Å². The van der Waals surface area contributed by atoms with Crippen molar-refractivity contribution >= 4 is 18.0 Å². The Bertz CT molecular complexity index is 346. The van der Waals surface area contributed by atoms with Crippen LogP contribution in [0.15, 0.2) is 0 Å². The van der Waals surface area contributed by atoms with Gasteiger partial charge in [-0.1, -0.05) is 13.3 Å². The SMILES string of the molecule is CCOC(=O)C(C)NC(=O)NCCC(CC)CCC(=O)O. The third kappa shape index (κ3) is 9.70. The molecule has 0 aromatic carbocycles. The average Bonchev–Trinajstić information content (AvgIpc) is 2.42. The smallest absolute Gasteiger partial charge is 0.328 e. The first-order chi connectivity index (χ1) is 9.90. The van der Waals surface area contributed by atoms with Gasteiger partial charge in [-0.05, 0) is 32.6 Å². The van der Waals surface area contributed by atoms with Gasteiger partial charge in [0.1, 0.15) is 6.04 Å². The van der Waals surface area contributed by atoms with Gasteiger partial charge in [0, 0.05) is 13.0 Å². The molecule has 0 aliphatic heterocycles. The van der Waals surface area contributed by atoms with E-state index >= 15 is 0 Å². The second-order valence-electron chi connectivity index (χ2n) is 4.87. The lowest BCUT2D eigenvalue weighted by atomic mass is 9.97. The van der Waals surface area contributed by atoms with Crippen LogP contribution >= 0.6 is 0 Å². The number of carboxylic acid groups (broad SMARTS) is 1. The molecule has 122 valence electrons. The summed E-state index contributed by atoms with van der Waals surface area (Å²) >= 11 is 0. The van der Waals surface area contributed by atoms with Gasteiger partial charge in [-0.25, -0.2) is 9.59 Å². The summed E-state index contributed by atoms with van der Waals surface area (Å²) in [6.45, 7) is 5.97. The van der Waals surface area contributed by atoms with Gasteiger partial charge in [0.25, 0.3) is 0 Å². The lowest BCUT2D eigenvalue weighted by molar-refractivity contribution is -0.144. The molecule has 0 fully saturated rings. The van der Waals surface area contributed by atoms with Gasteiger partial charge < -0.3 is 20.5 Å². The molecule has 0 heterocycles. The number of hydrogen-bond donors (Lipinski definition) is 3. The molecule has 0 radical (unpaired) electrons. The summed E-state index contributed by atoms with van der Waals surface area (Å²) in [7, 11) is 0. The fraction of sp³-hybridized carbons (Fsp3) is 0.786. The first kappa shape index (κ1) is 19.2. The minimum atomic E-state index is -0.803. The Balaban J connectivity index is 3.91. The van der Waals surface area contributed by atoms with Crippen molar-refractivity contribution in [1.29, 1.82) is 0 Å². The van der Waals surface area contributed by atoms with E-state index in [0.29, 0.717) is 19.4 Å². The highest BCUT2D eigenvalue weighted by atomic mass is 16.5. The second-order valence-corrected chi connectivity index (χ2v) is 4.87. The van der Waals surface area contributed by atoms with Crippen molar-refractivity contribution in [1.82, 2.24) is 10.6 Å². The zero-order valence-corrected chi connectivity index (χ0v) is 13.0.